The molecule has 0 fully saturated rings. The Balaban J connectivity index is 2.04. The van der Waals surface area contributed by atoms with Gasteiger partial charge in [0, 0.05) is 31.5 Å². The second-order valence-corrected chi connectivity index (χ2v) is 5.66. The summed E-state index contributed by atoms with van der Waals surface area (Å²) in [5.41, 5.74) is 2.28. The third-order valence-corrected chi connectivity index (χ3v) is 3.47. The molecule has 0 radical (unpaired) electrons. The summed E-state index contributed by atoms with van der Waals surface area (Å²) >= 11 is 0. The zero-order valence-corrected chi connectivity index (χ0v) is 12.7. The van der Waals surface area contributed by atoms with Crippen LogP contribution < -0.4 is 0 Å². The molecule has 1 unspecified atom stereocenters. The normalized spacial score (nSPS) is 13.1. The van der Waals surface area contributed by atoms with Gasteiger partial charge < -0.3 is 4.57 Å². The standard InChI is InChI=1S/C15H23N5/c1-12(2)8-20-11-17-7-14(20)9-19(4)13(3)15-5-6-16-10-18-15/h5-7,10-13H,8-9H2,1-4H3. The summed E-state index contributed by atoms with van der Waals surface area (Å²) in [4.78, 5) is 14.8. The third-order valence-electron chi connectivity index (χ3n) is 3.47. The molecule has 1 atom stereocenters. The van der Waals surface area contributed by atoms with Gasteiger partial charge in [0.15, 0.2) is 0 Å². The van der Waals surface area contributed by atoms with Gasteiger partial charge in [0.2, 0.25) is 0 Å². The van der Waals surface area contributed by atoms with E-state index in [0.717, 1.165) is 18.8 Å². The van der Waals surface area contributed by atoms with Gasteiger partial charge in [-0.25, -0.2) is 15.0 Å². The molecule has 2 aromatic rings. The SMILES string of the molecule is CC(C)Cn1cncc1CN(C)C(C)c1ccncn1. The van der Waals surface area contributed by atoms with Crippen LogP contribution in [0.4, 0.5) is 0 Å². The van der Waals surface area contributed by atoms with Gasteiger partial charge >= 0.3 is 0 Å². The van der Waals surface area contributed by atoms with Crippen LogP contribution in [0.15, 0.2) is 31.1 Å². The Labute approximate surface area is 120 Å². The quantitative estimate of drug-likeness (QED) is 0.811. The number of hydrogen-bond acceptors (Lipinski definition) is 4. The molecule has 5 heteroatoms. The van der Waals surface area contributed by atoms with Crippen molar-refractivity contribution in [1.82, 2.24) is 24.4 Å². The van der Waals surface area contributed by atoms with Crippen molar-refractivity contribution in [2.45, 2.75) is 39.9 Å². The molecule has 0 N–H and O–H groups in total. The largest absolute Gasteiger partial charge is 0.333 e. The minimum absolute atomic E-state index is 0.250. The van der Waals surface area contributed by atoms with Crippen LogP contribution in [0.3, 0.4) is 0 Å². The molecule has 0 aliphatic rings. The van der Waals surface area contributed by atoms with Crippen LogP contribution in [-0.4, -0.2) is 31.5 Å². The van der Waals surface area contributed by atoms with Crippen molar-refractivity contribution in [1.29, 1.82) is 0 Å². The summed E-state index contributed by atoms with van der Waals surface area (Å²) < 4.78 is 2.23. The van der Waals surface area contributed by atoms with Crippen LogP contribution >= 0.6 is 0 Å². The fourth-order valence-corrected chi connectivity index (χ4v) is 2.20. The molecule has 20 heavy (non-hydrogen) atoms. The molecule has 0 bridgehead atoms. The number of nitrogens with zero attached hydrogens (tertiary/aromatic N) is 5. The van der Waals surface area contributed by atoms with Crippen LogP contribution in [0.1, 0.15) is 38.2 Å². The minimum atomic E-state index is 0.250. The Morgan fingerprint density at radius 1 is 1.25 bits per heavy atom. The molecule has 0 amide bonds. The van der Waals surface area contributed by atoms with Gasteiger partial charge in [-0.3, -0.25) is 4.90 Å². The summed E-state index contributed by atoms with van der Waals surface area (Å²) in [7, 11) is 2.11. The monoisotopic (exact) mass is 273 g/mol. The van der Waals surface area contributed by atoms with Crippen molar-refractivity contribution in [2.24, 2.45) is 5.92 Å². The highest BCUT2D eigenvalue weighted by Gasteiger charge is 2.15. The topological polar surface area (TPSA) is 46.8 Å². The molecule has 0 aliphatic heterocycles. The molecule has 0 spiro atoms. The van der Waals surface area contributed by atoms with Crippen molar-refractivity contribution in [3.8, 4) is 0 Å². The molecule has 0 aliphatic carbocycles. The fraction of sp³-hybridized carbons (Fsp3) is 0.533. The van der Waals surface area contributed by atoms with Crippen molar-refractivity contribution in [2.75, 3.05) is 7.05 Å². The van der Waals surface area contributed by atoms with E-state index in [1.54, 1.807) is 12.5 Å². The van der Waals surface area contributed by atoms with Gasteiger partial charge in [-0.05, 0) is 26.0 Å². The average Bonchev–Trinajstić information content (AvgIpc) is 2.85. The predicted molar refractivity (Wildman–Crippen MR) is 79.0 cm³/mol. The van der Waals surface area contributed by atoms with Gasteiger partial charge in [0.1, 0.15) is 6.33 Å². The molecule has 0 saturated carbocycles. The molecule has 108 valence electrons. The Morgan fingerprint density at radius 3 is 2.70 bits per heavy atom. The maximum Gasteiger partial charge on any atom is 0.115 e. The molecule has 0 aromatic carbocycles. The van der Waals surface area contributed by atoms with Gasteiger partial charge in [-0.15, -0.1) is 0 Å². The van der Waals surface area contributed by atoms with Crippen molar-refractivity contribution >= 4 is 0 Å². The predicted octanol–water partition coefficient (Wildman–Crippen LogP) is 2.52. The summed E-state index contributed by atoms with van der Waals surface area (Å²) in [6.45, 7) is 8.46. The lowest BCUT2D eigenvalue weighted by Crippen LogP contribution is -2.24. The van der Waals surface area contributed by atoms with E-state index >= 15 is 0 Å². The maximum atomic E-state index is 4.32. The second-order valence-electron chi connectivity index (χ2n) is 5.66. The number of imidazole rings is 1. The summed E-state index contributed by atoms with van der Waals surface area (Å²) in [6.07, 6.45) is 7.25. The summed E-state index contributed by atoms with van der Waals surface area (Å²) in [5, 5.41) is 0. The zero-order valence-electron chi connectivity index (χ0n) is 12.7. The first kappa shape index (κ1) is 14.7. The molecule has 2 rings (SSSR count). The van der Waals surface area contributed by atoms with E-state index in [2.05, 4.69) is 52.2 Å². The Kier molecular flexibility index (Phi) is 4.84. The number of aromatic nitrogens is 4. The Morgan fingerprint density at radius 2 is 2.05 bits per heavy atom. The first-order valence-electron chi connectivity index (χ1n) is 7.03. The van der Waals surface area contributed by atoms with Crippen molar-refractivity contribution in [3.05, 3.63) is 42.5 Å². The van der Waals surface area contributed by atoms with Gasteiger partial charge in [-0.2, -0.15) is 0 Å². The molecule has 5 nitrogen and oxygen atoms in total. The highest BCUT2D eigenvalue weighted by Crippen LogP contribution is 2.18. The number of rotatable bonds is 6. The molecule has 2 aromatic heterocycles. The molecular formula is C15H23N5. The van der Waals surface area contributed by atoms with Crippen LogP contribution in [-0.2, 0) is 13.1 Å². The van der Waals surface area contributed by atoms with Crippen molar-refractivity contribution in [3.63, 3.8) is 0 Å². The average molecular weight is 273 g/mol. The lowest BCUT2D eigenvalue weighted by Gasteiger charge is -2.24. The van der Waals surface area contributed by atoms with E-state index < -0.39 is 0 Å². The molecule has 0 saturated heterocycles. The molecular weight excluding hydrogens is 250 g/mol. The lowest BCUT2D eigenvalue weighted by molar-refractivity contribution is 0.241. The van der Waals surface area contributed by atoms with E-state index in [1.165, 1.54) is 5.69 Å². The maximum absolute atomic E-state index is 4.32. The minimum Gasteiger partial charge on any atom is -0.333 e. The van der Waals surface area contributed by atoms with Crippen LogP contribution in [0.5, 0.6) is 0 Å². The second kappa shape index (κ2) is 6.61. The van der Waals surface area contributed by atoms with Crippen molar-refractivity contribution < 1.29 is 0 Å². The summed E-state index contributed by atoms with van der Waals surface area (Å²) in [6, 6.07) is 2.22. The fourth-order valence-electron chi connectivity index (χ4n) is 2.20. The first-order valence-corrected chi connectivity index (χ1v) is 7.03. The van der Waals surface area contributed by atoms with E-state index in [9.17, 15) is 0 Å². The van der Waals surface area contributed by atoms with Crippen LogP contribution in [0, 0.1) is 5.92 Å². The van der Waals surface area contributed by atoms with Crippen LogP contribution in [0.2, 0.25) is 0 Å². The number of hydrogen-bond donors (Lipinski definition) is 0. The highest BCUT2D eigenvalue weighted by molar-refractivity contribution is 5.05. The summed E-state index contributed by atoms with van der Waals surface area (Å²) in [5.74, 6) is 0.618. The van der Waals surface area contributed by atoms with Crippen LogP contribution in [0.25, 0.3) is 0 Å². The van der Waals surface area contributed by atoms with E-state index in [4.69, 9.17) is 0 Å². The first-order chi connectivity index (χ1) is 9.58. The van der Waals surface area contributed by atoms with Gasteiger partial charge in [0.25, 0.3) is 0 Å². The lowest BCUT2D eigenvalue weighted by atomic mass is 10.2. The molecule has 2 heterocycles. The smallest absolute Gasteiger partial charge is 0.115 e. The van der Waals surface area contributed by atoms with E-state index in [0.29, 0.717) is 5.92 Å². The highest BCUT2D eigenvalue weighted by atomic mass is 15.2. The van der Waals surface area contributed by atoms with Gasteiger partial charge in [0.05, 0.1) is 17.7 Å². The van der Waals surface area contributed by atoms with Gasteiger partial charge in [-0.1, -0.05) is 13.8 Å². The van der Waals surface area contributed by atoms with E-state index in [-0.39, 0.29) is 6.04 Å². The van der Waals surface area contributed by atoms with E-state index in [1.807, 2.05) is 18.6 Å². The Hall–Kier alpha value is -1.75. The third kappa shape index (κ3) is 3.63. The Bertz CT molecular complexity index is 520. The zero-order chi connectivity index (χ0) is 14.5.